The van der Waals surface area contributed by atoms with Crippen LogP contribution in [0.3, 0.4) is 0 Å². The van der Waals surface area contributed by atoms with Crippen molar-refractivity contribution in [3.05, 3.63) is 67.7 Å². The molecule has 3 rings (SSSR count). The first kappa shape index (κ1) is 19.7. The number of nitrogens with zero attached hydrogens (tertiary/aromatic N) is 2. The zero-order chi connectivity index (χ0) is 20.3. The Hall–Kier alpha value is -3.05. The molecule has 1 aliphatic heterocycles. The first-order valence-corrected chi connectivity index (χ1v) is 9.57. The van der Waals surface area contributed by atoms with Gasteiger partial charge in [-0.05, 0) is 23.9 Å². The van der Waals surface area contributed by atoms with Gasteiger partial charge < -0.3 is 5.32 Å². The minimum atomic E-state index is -0.594. The van der Waals surface area contributed by atoms with Gasteiger partial charge in [-0.3, -0.25) is 29.4 Å². The van der Waals surface area contributed by atoms with Crippen LogP contribution >= 0.6 is 23.1 Å². The van der Waals surface area contributed by atoms with E-state index in [9.17, 15) is 28.9 Å². The Kier molecular flexibility index (Phi) is 5.85. The number of amides is 3. The fourth-order valence-electron chi connectivity index (χ4n) is 2.35. The minimum absolute atomic E-state index is 0.0203. The number of imide groups is 1. The van der Waals surface area contributed by atoms with Crippen LogP contribution in [0.1, 0.15) is 15.9 Å². The summed E-state index contributed by atoms with van der Waals surface area (Å²) in [4.78, 5) is 47.5. The Bertz CT molecular complexity index is 1000. The van der Waals surface area contributed by atoms with Crippen LogP contribution in [0.2, 0.25) is 0 Å². The molecule has 1 aromatic carbocycles. The zero-order valence-electron chi connectivity index (χ0n) is 14.1. The van der Waals surface area contributed by atoms with Crippen molar-refractivity contribution in [2.45, 2.75) is 0 Å². The summed E-state index contributed by atoms with van der Waals surface area (Å²) in [6, 6.07) is 7.02. The summed E-state index contributed by atoms with van der Waals surface area (Å²) in [6.07, 6.45) is 1.31. The zero-order valence-corrected chi connectivity index (χ0v) is 15.7. The summed E-state index contributed by atoms with van der Waals surface area (Å²) < 4.78 is 13.7. The summed E-state index contributed by atoms with van der Waals surface area (Å²) in [5.41, 5.74) is 0.325. The van der Waals surface area contributed by atoms with Gasteiger partial charge in [0, 0.05) is 30.1 Å². The summed E-state index contributed by atoms with van der Waals surface area (Å²) in [6.45, 7) is -0.0925. The van der Waals surface area contributed by atoms with Crippen LogP contribution in [0.5, 0.6) is 0 Å². The monoisotopic (exact) mass is 421 g/mol. The van der Waals surface area contributed by atoms with Gasteiger partial charge in [-0.25, -0.2) is 4.39 Å². The van der Waals surface area contributed by atoms with Crippen molar-refractivity contribution in [2.75, 3.05) is 13.1 Å². The minimum Gasteiger partial charge on any atom is -0.350 e. The van der Waals surface area contributed by atoms with Crippen molar-refractivity contribution in [1.29, 1.82) is 0 Å². The highest BCUT2D eigenvalue weighted by Crippen LogP contribution is 2.32. The van der Waals surface area contributed by atoms with Crippen molar-refractivity contribution in [2.24, 2.45) is 0 Å². The third-order valence-electron chi connectivity index (χ3n) is 3.71. The first-order valence-electron chi connectivity index (χ1n) is 7.88. The molecule has 1 fully saturated rings. The van der Waals surface area contributed by atoms with Crippen LogP contribution in [0.25, 0.3) is 6.08 Å². The molecular weight excluding hydrogens is 409 g/mol. The van der Waals surface area contributed by atoms with Crippen molar-refractivity contribution in [1.82, 2.24) is 10.2 Å². The maximum atomic E-state index is 13.7. The van der Waals surface area contributed by atoms with Gasteiger partial charge >= 0.3 is 5.00 Å². The molecule has 0 bridgehead atoms. The third-order valence-corrected chi connectivity index (χ3v) is 5.50. The second kappa shape index (κ2) is 8.31. The van der Waals surface area contributed by atoms with Gasteiger partial charge in [0.25, 0.3) is 17.1 Å². The van der Waals surface area contributed by atoms with Crippen LogP contribution in [-0.2, 0) is 4.79 Å². The number of carbonyl (C=O) groups is 3. The van der Waals surface area contributed by atoms with Gasteiger partial charge in [0.2, 0.25) is 0 Å². The topological polar surface area (TPSA) is 110 Å². The molecule has 1 aliphatic rings. The highest BCUT2D eigenvalue weighted by atomic mass is 32.2. The van der Waals surface area contributed by atoms with Gasteiger partial charge in [0.1, 0.15) is 5.82 Å². The molecule has 8 nitrogen and oxygen atoms in total. The number of thiophene rings is 1. The van der Waals surface area contributed by atoms with E-state index in [4.69, 9.17) is 0 Å². The van der Waals surface area contributed by atoms with E-state index in [1.807, 2.05) is 0 Å². The smallest absolute Gasteiger partial charge is 0.324 e. The summed E-state index contributed by atoms with van der Waals surface area (Å²) >= 11 is 1.52. The molecule has 144 valence electrons. The van der Waals surface area contributed by atoms with Crippen molar-refractivity contribution in [3.63, 3.8) is 0 Å². The van der Waals surface area contributed by atoms with Crippen molar-refractivity contribution >= 4 is 51.2 Å². The second-order valence-electron chi connectivity index (χ2n) is 5.54. The fraction of sp³-hybridized carbons (Fsp3) is 0.118. The van der Waals surface area contributed by atoms with E-state index in [2.05, 4.69) is 5.32 Å². The van der Waals surface area contributed by atoms with E-state index >= 15 is 0 Å². The largest absolute Gasteiger partial charge is 0.350 e. The standard InChI is InChI=1S/C17H12FN3O5S2/c18-12-4-2-1-3-10(12)7-13-16(23)20(17(24)28-13)6-5-19-15(22)11-8-14(21(25)26)27-9-11/h1-4,7-9H,5-6H2,(H,19,22)/b13-7-. The van der Waals surface area contributed by atoms with Crippen LogP contribution in [0.4, 0.5) is 14.2 Å². The predicted molar refractivity (Wildman–Crippen MR) is 102 cm³/mol. The Morgan fingerprint density at radius 2 is 2.07 bits per heavy atom. The molecular formula is C17H12FN3O5S2. The molecule has 1 aromatic heterocycles. The number of thioether (sulfide) groups is 1. The Morgan fingerprint density at radius 1 is 1.32 bits per heavy atom. The quantitative estimate of drug-likeness (QED) is 0.436. The number of benzene rings is 1. The lowest BCUT2D eigenvalue weighted by Gasteiger charge is -2.12. The van der Waals surface area contributed by atoms with E-state index in [0.29, 0.717) is 11.8 Å². The van der Waals surface area contributed by atoms with Crippen LogP contribution in [0, 0.1) is 15.9 Å². The molecule has 3 amide bonds. The normalized spacial score (nSPS) is 15.3. The number of rotatable bonds is 6. The molecule has 2 heterocycles. The van der Waals surface area contributed by atoms with E-state index in [1.54, 1.807) is 6.07 Å². The lowest BCUT2D eigenvalue weighted by atomic mass is 10.2. The van der Waals surface area contributed by atoms with E-state index in [0.717, 1.165) is 22.3 Å². The SMILES string of the molecule is O=C(NCCN1C(=O)S/C(=C\c2ccccc2F)C1=O)c1csc([N+](=O)[O-])c1. The lowest BCUT2D eigenvalue weighted by molar-refractivity contribution is -0.380. The third kappa shape index (κ3) is 4.26. The van der Waals surface area contributed by atoms with Gasteiger partial charge in [-0.15, -0.1) is 0 Å². The highest BCUT2D eigenvalue weighted by molar-refractivity contribution is 8.18. The number of nitro groups is 1. The van der Waals surface area contributed by atoms with Gasteiger partial charge in [-0.1, -0.05) is 29.5 Å². The van der Waals surface area contributed by atoms with Gasteiger partial charge in [-0.2, -0.15) is 0 Å². The van der Waals surface area contributed by atoms with Crippen molar-refractivity contribution < 1.29 is 23.7 Å². The molecule has 0 radical (unpaired) electrons. The molecule has 28 heavy (non-hydrogen) atoms. The number of nitrogens with one attached hydrogen (secondary N) is 1. The molecule has 0 unspecified atom stereocenters. The van der Waals surface area contributed by atoms with E-state index in [1.165, 1.54) is 29.7 Å². The number of hydrogen-bond donors (Lipinski definition) is 1. The molecule has 0 atom stereocenters. The van der Waals surface area contributed by atoms with Crippen molar-refractivity contribution in [3.8, 4) is 0 Å². The Labute approximate surface area is 166 Å². The molecule has 0 spiro atoms. The lowest BCUT2D eigenvalue weighted by Crippen LogP contribution is -2.37. The molecule has 0 aliphatic carbocycles. The fourth-order valence-corrected chi connectivity index (χ4v) is 3.91. The van der Waals surface area contributed by atoms with Gasteiger partial charge in [0.15, 0.2) is 0 Å². The average Bonchev–Trinajstić information content (AvgIpc) is 3.25. The maximum Gasteiger partial charge on any atom is 0.324 e. The highest BCUT2D eigenvalue weighted by Gasteiger charge is 2.34. The summed E-state index contributed by atoms with van der Waals surface area (Å²) in [7, 11) is 0. The van der Waals surface area contributed by atoms with Crippen LogP contribution in [-0.4, -0.2) is 40.0 Å². The predicted octanol–water partition coefficient (Wildman–Crippen LogP) is 3.26. The maximum absolute atomic E-state index is 13.7. The number of carbonyl (C=O) groups excluding carboxylic acids is 3. The van der Waals surface area contributed by atoms with Crippen LogP contribution in [0.15, 0.2) is 40.6 Å². The molecule has 1 saturated heterocycles. The second-order valence-corrected chi connectivity index (χ2v) is 7.42. The summed E-state index contributed by atoms with van der Waals surface area (Å²) in [5, 5.41) is 13.8. The van der Waals surface area contributed by atoms with Gasteiger partial charge in [0.05, 0.1) is 15.4 Å². The van der Waals surface area contributed by atoms with E-state index < -0.39 is 27.8 Å². The average molecular weight is 421 g/mol. The molecule has 2 aromatic rings. The van der Waals surface area contributed by atoms with E-state index in [-0.39, 0.29) is 34.1 Å². The van der Waals surface area contributed by atoms with Crippen LogP contribution < -0.4 is 5.32 Å². The molecule has 0 saturated carbocycles. The number of halogens is 1. The Balaban J connectivity index is 1.59. The molecule has 11 heteroatoms. The number of hydrogen-bond acceptors (Lipinski definition) is 7. The Morgan fingerprint density at radius 3 is 2.75 bits per heavy atom. The molecule has 1 N–H and O–H groups in total. The first-order chi connectivity index (χ1) is 13.4. The summed E-state index contributed by atoms with van der Waals surface area (Å²) in [5.74, 6) is -1.62.